The van der Waals surface area contributed by atoms with Crippen molar-refractivity contribution in [3.63, 3.8) is 0 Å². The van der Waals surface area contributed by atoms with Crippen molar-refractivity contribution in [2.24, 2.45) is 5.92 Å². The number of hydrogen-bond donors (Lipinski definition) is 1. The molecule has 0 radical (unpaired) electrons. The number of para-hydroxylation sites is 1. The molecule has 0 saturated heterocycles. The number of nitrogens with zero attached hydrogens (tertiary/aromatic N) is 1. The molecule has 1 atom stereocenters. The van der Waals surface area contributed by atoms with E-state index in [1.54, 1.807) is 43.3 Å². The van der Waals surface area contributed by atoms with Gasteiger partial charge in [-0.05, 0) is 49.1 Å². The highest BCUT2D eigenvalue weighted by molar-refractivity contribution is 6.32. The van der Waals surface area contributed by atoms with Gasteiger partial charge in [0.1, 0.15) is 11.8 Å². The van der Waals surface area contributed by atoms with Gasteiger partial charge >= 0.3 is 0 Å². The molecule has 7 heteroatoms. The standard InChI is InChI=1S/C23H28Cl2N2O3/c1-16(2)12-13-26-23(29)17(3)27(14-18-8-10-19(24)11-9-18)22(28)15-30-21-7-5-4-6-20(21)25/h4-11,16-17H,12-15H2,1-3H3,(H,26,29). The fraction of sp³-hybridized carbons (Fsp3) is 0.391. The fourth-order valence-corrected chi connectivity index (χ4v) is 3.10. The van der Waals surface area contributed by atoms with Gasteiger partial charge in [0.25, 0.3) is 5.91 Å². The topological polar surface area (TPSA) is 58.6 Å². The number of halogens is 2. The van der Waals surface area contributed by atoms with Gasteiger partial charge < -0.3 is 15.0 Å². The lowest BCUT2D eigenvalue weighted by atomic mass is 10.1. The molecule has 30 heavy (non-hydrogen) atoms. The first-order chi connectivity index (χ1) is 14.3. The minimum atomic E-state index is -0.657. The second-order valence-corrected chi connectivity index (χ2v) is 8.36. The molecular weight excluding hydrogens is 423 g/mol. The summed E-state index contributed by atoms with van der Waals surface area (Å²) in [5.41, 5.74) is 0.868. The molecule has 2 amide bonds. The number of carbonyl (C=O) groups is 2. The Morgan fingerprint density at radius 3 is 2.33 bits per heavy atom. The quantitative estimate of drug-likeness (QED) is 0.556. The van der Waals surface area contributed by atoms with Gasteiger partial charge in [0.05, 0.1) is 5.02 Å². The maximum Gasteiger partial charge on any atom is 0.261 e. The van der Waals surface area contributed by atoms with Crippen molar-refractivity contribution in [3.05, 3.63) is 64.1 Å². The lowest BCUT2D eigenvalue weighted by molar-refractivity contribution is -0.142. The van der Waals surface area contributed by atoms with Crippen molar-refractivity contribution in [1.29, 1.82) is 0 Å². The van der Waals surface area contributed by atoms with Gasteiger partial charge in [-0.3, -0.25) is 9.59 Å². The molecule has 0 heterocycles. The van der Waals surface area contributed by atoms with E-state index in [9.17, 15) is 9.59 Å². The summed E-state index contributed by atoms with van der Waals surface area (Å²) >= 11 is 12.1. The summed E-state index contributed by atoms with van der Waals surface area (Å²) in [6, 6.07) is 13.5. The Kier molecular flexibility index (Phi) is 9.47. The van der Waals surface area contributed by atoms with Crippen molar-refractivity contribution in [2.75, 3.05) is 13.2 Å². The van der Waals surface area contributed by atoms with Crippen LogP contribution in [-0.4, -0.2) is 35.9 Å². The summed E-state index contributed by atoms with van der Waals surface area (Å²) in [5, 5.41) is 3.95. The molecule has 0 saturated carbocycles. The minimum Gasteiger partial charge on any atom is -0.482 e. The highest BCUT2D eigenvalue weighted by Crippen LogP contribution is 2.23. The summed E-state index contributed by atoms with van der Waals surface area (Å²) in [7, 11) is 0. The van der Waals surface area contributed by atoms with E-state index in [-0.39, 0.29) is 25.0 Å². The average molecular weight is 451 g/mol. The molecule has 0 aromatic heterocycles. The number of nitrogens with one attached hydrogen (secondary N) is 1. The van der Waals surface area contributed by atoms with Crippen LogP contribution < -0.4 is 10.1 Å². The predicted molar refractivity (Wildman–Crippen MR) is 121 cm³/mol. The number of amides is 2. The number of rotatable bonds is 10. The maximum atomic E-state index is 13.0. The van der Waals surface area contributed by atoms with E-state index in [0.717, 1.165) is 12.0 Å². The minimum absolute atomic E-state index is 0.198. The van der Waals surface area contributed by atoms with E-state index < -0.39 is 6.04 Å². The molecule has 0 aliphatic carbocycles. The van der Waals surface area contributed by atoms with Crippen LogP contribution in [0, 0.1) is 5.92 Å². The summed E-state index contributed by atoms with van der Waals surface area (Å²) in [5.74, 6) is 0.400. The third kappa shape index (κ3) is 7.54. The van der Waals surface area contributed by atoms with Crippen LogP contribution in [0.25, 0.3) is 0 Å². The zero-order chi connectivity index (χ0) is 22.1. The summed E-state index contributed by atoms with van der Waals surface area (Å²) in [6.45, 7) is 6.52. The van der Waals surface area contributed by atoms with Gasteiger partial charge in [0.2, 0.25) is 5.91 Å². The van der Waals surface area contributed by atoms with E-state index in [1.807, 2.05) is 12.1 Å². The van der Waals surface area contributed by atoms with E-state index in [0.29, 0.717) is 28.3 Å². The number of ether oxygens (including phenoxy) is 1. The van der Waals surface area contributed by atoms with E-state index in [4.69, 9.17) is 27.9 Å². The van der Waals surface area contributed by atoms with Gasteiger partial charge in [-0.1, -0.05) is 61.3 Å². The molecule has 1 unspecified atom stereocenters. The zero-order valence-electron chi connectivity index (χ0n) is 17.5. The molecule has 5 nitrogen and oxygen atoms in total. The molecule has 0 bridgehead atoms. The van der Waals surface area contributed by atoms with Crippen LogP contribution in [0.4, 0.5) is 0 Å². The molecule has 162 valence electrons. The predicted octanol–water partition coefficient (Wildman–Crippen LogP) is 4.95. The second-order valence-electron chi connectivity index (χ2n) is 7.52. The third-order valence-electron chi connectivity index (χ3n) is 4.64. The Hall–Kier alpha value is -2.24. The normalized spacial score (nSPS) is 11.8. The van der Waals surface area contributed by atoms with Gasteiger partial charge in [-0.15, -0.1) is 0 Å². The second kappa shape index (κ2) is 11.8. The van der Waals surface area contributed by atoms with Gasteiger partial charge in [0, 0.05) is 18.1 Å². The largest absolute Gasteiger partial charge is 0.482 e. The van der Waals surface area contributed by atoms with Gasteiger partial charge in [-0.25, -0.2) is 0 Å². The lowest BCUT2D eigenvalue weighted by Crippen LogP contribution is -2.49. The highest BCUT2D eigenvalue weighted by Gasteiger charge is 2.26. The average Bonchev–Trinajstić information content (AvgIpc) is 2.71. The summed E-state index contributed by atoms with van der Waals surface area (Å²) in [6.07, 6.45) is 0.874. The first-order valence-corrected chi connectivity index (χ1v) is 10.7. The van der Waals surface area contributed by atoms with E-state index in [2.05, 4.69) is 19.2 Å². The Bertz CT molecular complexity index is 841. The van der Waals surface area contributed by atoms with Crippen LogP contribution in [0.5, 0.6) is 5.75 Å². The zero-order valence-corrected chi connectivity index (χ0v) is 19.0. The summed E-state index contributed by atoms with van der Waals surface area (Å²) in [4.78, 5) is 27.1. The van der Waals surface area contributed by atoms with Crippen molar-refractivity contribution >= 4 is 35.0 Å². The van der Waals surface area contributed by atoms with Crippen molar-refractivity contribution in [1.82, 2.24) is 10.2 Å². The smallest absolute Gasteiger partial charge is 0.261 e. The molecule has 0 aliphatic rings. The van der Waals surface area contributed by atoms with Gasteiger partial charge in [-0.2, -0.15) is 0 Å². The van der Waals surface area contributed by atoms with Crippen LogP contribution in [0.15, 0.2) is 48.5 Å². The monoisotopic (exact) mass is 450 g/mol. The van der Waals surface area contributed by atoms with Crippen molar-refractivity contribution in [2.45, 2.75) is 39.8 Å². The molecule has 0 spiro atoms. The summed E-state index contributed by atoms with van der Waals surface area (Å²) < 4.78 is 5.60. The lowest BCUT2D eigenvalue weighted by Gasteiger charge is -2.29. The van der Waals surface area contributed by atoms with Crippen molar-refractivity contribution < 1.29 is 14.3 Å². The number of benzene rings is 2. The SMILES string of the molecule is CC(C)CCNC(=O)C(C)N(Cc1ccc(Cl)cc1)C(=O)COc1ccccc1Cl. The van der Waals surface area contributed by atoms with Crippen LogP contribution in [-0.2, 0) is 16.1 Å². The van der Waals surface area contributed by atoms with Crippen LogP contribution >= 0.6 is 23.2 Å². The molecular formula is C23H28Cl2N2O3. The first-order valence-electron chi connectivity index (χ1n) is 9.97. The maximum absolute atomic E-state index is 13.0. The van der Waals surface area contributed by atoms with E-state index >= 15 is 0 Å². The number of carbonyl (C=O) groups excluding carboxylic acids is 2. The Morgan fingerprint density at radius 1 is 1.03 bits per heavy atom. The molecule has 1 N–H and O–H groups in total. The fourth-order valence-electron chi connectivity index (χ4n) is 2.79. The molecule has 2 aromatic rings. The van der Waals surface area contributed by atoms with Crippen LogP contribution in [0.2, 0.25) is 10.0 Å². The first kappa shape index (κ1) is 24.0. The molecule has 0 fully saturated rings. The van der Waals surface area contributed by atoms with Gasteiger partial charge in [0.15, 0.2) is 6.61 Å². The molecule has 2 rings (SSSR count). The highest BCUT2D eigenvalue weighted by atomic mass is 35.5. The third-order valence-corrected chi connectivity index (χ3v) is 5.21. The molecule has 0 aliphatic heterocycles. The van der Waals surface area contributed by atoms with E-state index in [1.165, 1.54) is 4.90 Å². The molecule has 2 aromatic carbocycles. The van der Waals surface area contributed by atoms with Crippen LogP contribution in [0.1, 0.15) is 32.8 Å². The Balaban J connectivity index is 2.10. The van der Waals surface area contributed by atoms with Crippen molar-refractivity contribution in [3.8, 4) is 5.75 Å². The Labute approximate surface area is 188 Å². The Morgan fingerprint density at radius 2 is 1.70 bits per heavy atom. The number of hydrogen-bond acceptors (Lipinski definition) is 3. The van der Waals surface area contributed by atoms with Crippen LogP contribution in [0.3, 0.4) is 0 Å².